The highest BCUT2D eigenvalue weighted by Gasteiger charge is 2.43. The molecule has 4 rings (SSSR count). The Morgan fingerprint density at radius 3 is 2.29 bits per heavy atom. The van der Waals surface area contributed by atoms with Crippen molar-refractivity contribution in [1.82, 2.24) is 0 Å². The van der Waals surface area contributed by atoms with E-state index in [1.54, 1.807) is 42.5 Å². The molecule has 2 N–H and O–H groups in total. The van der Waals surface area contributed by atoms with E-state index >= 15 is 0 Å². The van der Waals surface area contributed by atoms with E-state index in [0.717, 1.165) is 38.4 Å². The monoisotopic (exact) mass is 517 g/mol. The number of esters is 2. The van der Waals surface area contributed by atoms with Gasteiger partial charge in [0.2, 0.25) is 0 Å². The van der Waals surface area contributed by atoms with E-state index in [4.69, 9.17) is 15.2 Å². The van der Waals surface area contributed by atoms with E-state index in [1.165, 1.54) is 6.07 Å². The second-order valence-corrected chi connectivity index (χ2v) is 8.81. The summed E-state index contributed by atoms with van der Waals surface area (Å²) in [5.41, 5.74) is 6.92. The molecule has 2 heterocycles. The van der Waals surface area contributed by atoms with Crippen molar-refractivity contribution in [2.24, 2.45) is 5.73 Å². The number of nitro benzene ring substituents is 1. The van der Waals surface area contributed by atoms with Gasteiger partial charge in [0.1, 0.15) is 17.2 Å². The van der Waals surface area contributed by atoms with E-state index in [1.807, 2.05) is 4.90 Å². The van der Waals surface area contributed by atoms with Gasteiger partial charge < -0.3 is 20.1 Å². The molecule has 0 amide bonds. The molecule has 0 bridgehead atoms. The average molecular weight is 518 g/mol. The highest BCUT2D eigenvalue weighted by atomic mass is 16.6. The number of methoxy groups -OCH3 is 2. The Balaban J connectivity index is 1.99. The van der Waals surface area contributed by atoms with Crippen LogP contribution in [0.3, 0.4) is 0 Å². The standard InChI is InChI=1S/C27H27N5O6/c1-37-26(33)23-22(17-9-5-3-6-10-17)19(16-28)25(29)31(24(23)27(34)38-2)18-11-12-20(21(15-18)32(35)36)30-13-7-4-8-14-30/h3,5-6,9-12,15,22H,4,7-8,13-14,29H2,1-2H3. The predicted molar refractivity (Wildman–Crippen MR) is 139 cm³/mol. The van der Waals surface area contributed by atoms with Gasteiger partial charge in [0, 0.05) is 19.2 Å². The Labute approximate surface area is 219 Å². The summed E-state index contributed by atoms with van der Waals surface area (Å²) in [5, 5.41) is 22.3. The number of piperidine rings is 1. The van der Waals surface area contributed by atoms with Crippen molar-refractivity contribution in [3.05, 3.63) is 86.9 Å². The summed E-state index contributed by atoms with van der Waals surface area (Å²) in [6, 6.07) is 15.1. The predicted octanol–water partition coefficient (Wildman–Crippen LogP) is 3.48. The van der Waals surface area contributed by atoms with Crippen LogP contribution in [0.25, 0.3) is 0 Å². The van der Waals surface area contributed by atoms with E-state index in [2.05, 4.69) is 6.07 Å². The molecule has 2 aromatic carbocycles. The number of carbonyl (C=O) groups excluding carboxylic acids is 2. The molecule has 1 atom stereocenters. The molecule has 0 spiro atoms. The zero-order chi connectivity index (χ0) is 27.4. The minimum atomic E-state index is -1.03. The summed E-state index contributed by atoms with van der Waals surface area (Å²) in [6.45, 7) is 1.37. The maximum atomic E-state index is 13.2. The number of nitriles is 1. The number of hydrogen-bond acceptors (Lipinski definition) is 10. The molecular formula is C27H27N5O6. The molecule has 0 aliphatic carbocycles. The third-order valence-electron chi connectivity index (χ3n) is 6.72. The van der Waals surface area contributed by atoms with Gasteiger partial charge in [-0.1, -0.05) is 30.3 Å². The van der Waals surface area contributed by atoms with Crippen LogP contribution in [0.15, 0.2) is 71.2 Å². The number of ether oxygens (including phenoxy) is 2. The van der Waals surface area contributed by atoms with Gasteiger partial charge in [0.05, 0.1) is 48.0 Å². The Kier molecular flexibility index (Phi) is 7.62. The number of allylic oxidation sites excluding steroid dienone is 1. The van der Waals surface area contributed by atoms with E-state index in [-0.39, 0.29) is 34.0 Å². The fourth-order valence-electron chi connectivity index (χ4n) is 4.98. The van der Waals surface area contributed by atoms with Crippen molar-refractivity contribution in [2.45, 2.75) is 25.2 Å². The summed E-state index contributed by atoms with van der Waals surface area (Å²) in [5.74, 6) is -2.98. The summed E-state index contributed by atoms with van der Waals surface area (Å²) < 4.78 is 10.0. The Hall–Kier alpha value is -4.85. The highest BCUT2D eigenvalue weighted by molar-refractivity contribution is 6.06. The summed E-state index contributed by atoms with van der Waals surface area (Å²) in [6.07, 6.45) is 2.90. The van der Waals surface area contributed by atoms with Crippen LogP contribution in [0.4, 0.5) is 17.1 Å². The van der Waals surface area contributed by atoms with Crippen LogP contribution >= 0.6 is 0 Å². The fraction of sp³-hybridized carbons (Fsp3) is 0.296. The van der Waals surface area contributed by atoms with Crippen molar-refractivity contribution in [3.63, 3.8) is 0 Å². The van der Waals surface area contributed by atoms with Crippen molar-refractivity contribution >= 4 is 29.0 Å². The molecule has 11 nitrogen and oxygen atoms in total. The smallest absolute Gasteiger partial charge is 0.355 e. The lowest BCUT2D eigenvalue weighted by molar-refractivity contribution is -0.384. The number of nitro groups is 1. The van der Waals surface area contributed by atoms with Gasteiger partial charge in [-0.15, -0.1) is 0 Å². The second kappa shape index (κ2) is 11.0. The zero-order valence-electron chi connectivity index (χ0n) is 21.0. The van der Waals surface area contributed by atoms with Gasteiger partial charge in [-0.25, -0.2) is 9.59 Å². The quantitative estimate of drug-likeness (QED) is 0.342. The van der Waals surface area contributed by atoms with Gasteiger partial charge >= 0.3 is 11.9 Å². The highest BCUT2D eigenvalue weighted by Crippen LogP contribution is 2.44. The van der Waals surface area contributed by atoms with Crippen LogP contribution in [0, 0.1) is 21.4 Å². The zero-order valence-corrected chi connectivity index (χ0v) is 21.0. The van der Waals surface area contributed by atoms with Gasteiger partial charge in [-0.2, -0.15) is 5.26 Å². The van der Waals surface area contributed by atoms with Crippen molar-refractivity contribution in [2.75, 3.05) is 37.1 Å². The second-order valence-electron chi connectivity index (χ2n) is 8.81. The van der Waals surface area contributed by atoms with Crippen molar-refractivity contribution in [3.8, 4) is 6.07 Å². The molecule has 38 heavy (non-hydrogen) atoms. The van der Waals surface area contributed by atoms with Crippen LogP contribution in [-0.4, -0.2) is 44.2 Å². The average Bonchev–Trinajstić information content (AvgIpc) is 2.96. The van der Waals surface area contributed by atoms with Crippen molar-refractivity contribution in [1.29, 1.82) is 5.26 Å². The number of nitrogens with zero attached hydrogens (tertiary/aromatic N) is 4. The summed E-state index contributed by atoms with van der Waals surface area (Å²) in [7, 11) is 2.30. The number of anilines is 2. The molecule has 11 heteroatoms. The molecule has 0 saturated carbocycles. The van der Waals surface area contributed by atoms with Crippen LogP contribution < -0.4 is 15.5 Å². The van der Waals surface area contributed by atoms with Gasteiger partial charge in [0.25, 0.3) is 5.69 Å². The number of benzene rings is 2. The summed E-state index contributed by atoms with van der Waals surface area (Å²) >= 11 is 0. The lowest BCUT2D eigenvalue weighted by Crippen LogP contribution is -2.40. The Morgan fingerprint density at radius 1 is 1.05 bits per heavy atom. The number of carbonyl (C=O) groups is 2. The molecule has 0 radical (unpaired) electrons. The van der Waals surface area contributed by atoms with E-state index in [9.17, 15) is 25.0 Å². The number of rotatable bonds is 6. The molecule has 2 aliphatic rings. The SMILES string of the molecule is COC(=O)C1=C(C(=O)OC)N(c2ccc(N3CCCCC3)c([N+](=O)[O-])c2)C(N)=C(C#N)C1c1ccccc1. The van der Waals surface area contributed by atoms with Gasteiger partial charge in [-0.05, 0) is 37.0 Å². The maximum Gasteiger partial charge on any atom is 0.355 e. The molecule has 2 aliphatic heterocycles. The lowest BCUT2D eigenvalue weighted by Gasteiger charge is -2.36. The van der Waals surface area contributed by atoms with Crippen LogP contribution in [0.1, 0.15) is 30.7 Å². The maximum absolute atomic E-state index is 13.2. The minimum Gasteiger partial charge on any atom is -0.466 e. The number of hydrogen-bond donors (Lipinski definition) is 1. The largest absolute Gasteiger partial charge is 0.466 e. The molecule has 1 fully saturated rings. The molecule has 1 unspecified atom stereocenters. The molecule has 0 aromatic heterocycles. The van der Waals surface area contributed by atoms with Crippen molar-refractivity contribution < 1.29 is 24.0 Å². The lowest BCUT2D eigenvalue weighted by atomic mass is 9.81. The summed E-state index contributed by atoms with van der Waals surface area (Å²) in [4.78, 5) is 41.1. The van der Waals surface area contributed by atoms with E-state index in [0.29, 0.717) is 24.3 Å². The third-order valence-corrected chi connectivity index (χ3v) is 6.72. The molecular weight excluding hydrogens is 490 g/mol. The molecule has 1 saturated heterocycles. The first-order chi connectivity index (χ1) is 18.3. The fourth-order valence-corrected chi connectivity index (χ4v) is 4.98. The topological polar surface area (TPSA) is 152 Å². The first-order valence-electron chi connectivity index (χ1n) is 12.0. The van der Waals surface area contributed by atoms with E-state index < -0.39 is 22.8 Å². The third kappa shape index (κ3) is 4.64. The normalized spacial score (nSPS) is 17.7. The van der Waals surface area contributed by atoms with Crippen LogP contribution in [0.5, 0.6) is 0 Å². The molecule has 2 aromatic rings. The first kappa shape index (κ1) is 26.2. The minimum absolute atomic E-state index is 0.0213. The van der Waals surface area contributed by atoms with Crippen LogP contribution in [-0.2, 0) is 19.1 Å². The van der Waals surface area contributed by atoms with Gasteiger partial charge in [-0.3, -0.25) is 15.0 Å². The van der Waals surface area contributed by atoms with Crippen LogP contribution in [0.2, 0.25) is 0 Å². The Bertz CT molecular complexity index is 1370. The molecule has 196 valence electrons. The van der Waals surface area contributed by atoms with Gasteiger partial charge in [0.15, 0.2) is 0 Å². The Morgan fingerprint density at radius 2 is 1.71 bits per heavy atom. The number of nitrogens with two attached hydrogens (primary N) is 1. The first-order valence-corrected chi connectivity index (χ1v) is 12.0.